The highest BCUT2D eigenvalue weighted by atomic mass is 32.1. The normalized spacial score (nSPS) is 10.6. The minimum atomic E-state index is 0.618. The number of nitrogens with zero attached hydrogens (tertiary/aromatic N) is 1. The van der Waals surface area contributed by atoms with Crippen molar-refractivity contribution in [3.63, 3.8) is 0 Å². The molecule has 3 nitrogen and oxygen atoms in total. The van der Waals surface area contributed by atoms with Crippen LogP contribution >= 0.6 is 11.3 Å². The molecular weight excluding hydrogens is 244 g/mol. The number of nitrogens with two attached hydrogens (primary N) is 1. The maximum Gasteiger partial charge on any atom is 0.180 e. The number of hydrogen-bond donors (Lipinski definition) is 1. The zero-order valence-electron chi connectivity index (χ0n) is 11.0. The molecule has 0 aliphatic rings. The van der Waals surface area contributed by atoms with E-state index in [1.54, 1.807) is 0 Å². The third-order valence-electron chi connectivity index (χ3n) is 2.78. The largest absolute Gasteiger partial charge is 0.493 e. The molecule has 1 aromatic carbocycles. The van der Waals surface area contributed by atoms with E-state index in [0.29, 0.717) is 11.7 Å². The Morgan fingerprint density at radius 3 is 2.44 bits per heavy atom. The van der Waals surface area contributed by atoms with Crippen LogP contribution in [0, 0.1) is 20.8 Å². The molecule has 0 radical (unpaired) electrons. The predicted molar refractivity (Wildman–Crippen MR) is 76.4 cm³/mol. The second kappa shape index (κ2) is 5.40. The molecule has 1 aromatic heterocycles. The highest BCUT2D eigenvalue weighted by molar-refractivity contribution is 7.13. The lowest BCUT2D eigenvalue weighted by Crippen LogP contribution is -2.04. The average molecular weight is 262 g/mol. The van der Waals surface area contributed by atoms with Crippen LogP contribution in [0.25, 0.3) is 0 Å². The molecule has 1 heterocycles. The molecule has 0 spiro atoms. The Hall–Kier alpha value is -1.55. The molecular formula is C14H18N2OS. The number of aryl methyl sites for hydroxylation is 3. The number of nitrogen functional groups attached to an aromatic ring is 1. The summed E-state index contributed by atoms with van der Waals surface area (Å²) in [7, 11) is 0. The van der Waals surface area contributed by atoms with E-state index in [-0.39, 0.29) is 0 Å². The fourth-order valence-electron chi connectivity index (χ4n) is 2.09. The van der Waals surface area contributed by atoms with Crippen LogP contribution in [0.15, 0.2) is 17.5 Å². The zero-order chi connectivity index (χ0) is 13.1. The van der Waals surface area contributed by atoms with Gasteiger partial charge >= 0.3 is 0 Å². The van der Waals surface area contributed by atoms with Crippen LogP contribution in [0.3, 0.4) is 0 Å². The maximum atomic E-state index is 5.86. The molecule has 0 fully saturated rings. The second-order valence-electron chi connectivity index (χ2n) is 4.50. The van der Waals surface area contributed by atoms with Gasteiger partial charge in [0.15, 0.2) is 5.13 Å². The topological polar surface area (TPSA) is 48.1 Å². The van der Waals surface area contributed by atoms with Gasteiger partial charge < -0.3 is 10.5 Å². The van der Waals surface area contributed by atoms with Crippen LogP contribution in [0.4, 0.5) is 5.13 Å². The molecule has 0 saturated carbocycles. The zero-order valence-corrected chi connectivity index (χ0v) is 11.8. The SMILES string of the molecule is Cc1cc(C)c(OCCc2csc(N)n2)c(C)c1. The number of benzene rings is 1. The lowest BCUT2D eigenvalue weighted by Gasteiger charge is -2.12. The van der Waals surface area contributed by atoms with Crippen molar-refractivity contribution in [2.45, 2.75) is 27.2 Å². The van der Waals surface area contributed by atoms with Gasteiger partial charge in [0, 0.05) is 11.8 Å². The third kappa shape index (κ3) is 3.01. The Morgan fingerprint density at radius 1 is 1.22 bits per heavy atom. The molecule has 2 N–H and O–H groups in total. The summed E-state index contributed by atoms with van der Waals surface area (Å²) in [6, 6.07) is 4.28. The molecule has 0 amide bonds. The molecule has 96 valence electrons. The summed E-state index contributed by atoms with van der Waals surface area (Å²) in [4.78, 5) is 4.22. The fraction of sp³-hybridized carbons (Fsp3) is 0.357. The number of rotatable bonds is 4. The van der Waals surface area contributed by atoms with Gasteiger partial charge in [-0.05, 0) is 31.9 Å². The van der Waals surface area contributed by atoms with Crippen molar-refractivity contribution in [2.24, 2.45) is 0 Å². The van der Waals surface area contributed by atoms with Crippen molar-refractivity contribution < 1.29 is 4.74 Å². The summed E-state index contributed by atoms with van der Waals surface area (Å²) < 4.78 is 5.86. The third-order valence-corrected chi connectivity index (χ3v) is 3.50. The monoisotopic (exact) mass is 262 g/mol. The van der Waals surface area contributed by atoms with E-state index in [4.69, 9.17) is 10.5 Å². The van der Waals surface area contributed by atoms with Gasteiger partial charge in [-0.2, -0.15) is 0 Å². The van der Waals surface area contributed by atoms with E-state index >= 15 is 0 Å². The Labute approximate surface area is 112 Å². The summed E-state index contributed by atoms with van der Waals surface area (Å²) in [6.45, 7) is 6.89. The highest BCUT2D eigenvalue weighted by Gasteiger charge is 2.06. The van der Waals surface area contributed by atoms with Gasteiger partial charge in [-0.1, -0.05) is 17.7 Å². The summed E-state index contributed by atoms with van der Waals surface area (Å²) in [5.41, 5.74) is 10.2. The molecule has 2 rings (SSSR count). The Morgan fingerprint density at radius 2 is 1.89 bits per heavy atom. The second-order valence-corrected chi connectivity index (χ2v) is 5.39. The van der Waals surface area contributed by atoms with Crippen molar-refractivity contribution in [3.8, 4) is 5.75 Å². The first kappa shape index (κ1) is 12.9. The summed E-state index contributed by atoms with van der Waals surface area (Å²) in [5.74, 6) is 0.990. The number of hydrogen-bond acceptors (Lipinski definition) is 4. The van der Waals surface area contributed by atoms with Gasteiger partial charge in [0.2, 0.25) is 0 Å². The van der Waals surface area contributed by atoms with E-state index in [1.807, 2.05) is 5.38 Å². The number of ether oxygens (including phenoxy) is 1. The van der Waals surface area contributed by atoms with Crippen LogP contribution in [0.5, 0.6) is 5.75 Å². The van der Waals surface area contributed by atoms with E-state index in [2.05, 4.69) is 37.9 Å². The van der Waals surface area contributed by atoms with Crippen LogP contribution in [-0.4, -0.2) is 11.6 Å². The maximum absolute atomic E-state index is 5.86. The first-order valence-electron chi connectivity index (χ1n) is 5.97. The van der Waals surface area contributed by atoms with Crippen LogP contribution in [0.1, 0.15) is 22.4 Å². The predicted octanol–water partition coefficient (Wildman–Crippen LogP) is 3.27. The Kier molecular flexibility index (Phi) is 3.87. The van der Waals surface area contributed by atoms with Gasteiger partial charge in [-0.3, -0.25) is 0 Å². The van der Waals surface area contributed by atoms with Gasteiger partial charge in [0.05, 0.1) is 12.3 Å². The van der Waals surface area contributed by atoms with Crippen molar-refractivity contribution in [1.29, 1.82) is 0 Å². The van der Waals surface area contributed by atoms with Gasteiger partial charge in [-0.25, -0.2) is 4.98 Å². The molecule has 0 bridgehead atoms. The van der Waals surface area contributed by atoms with E-state index < -0.39 is 0 Å². The van der Waals surface area contributed by atoms with Gasteiger partial charge in [0.1, 0.15) is 5.75 Å². The minimum absolute atomic E-state index is 0.618. The first-order chi connectivity index (χ1) is 8.56. The van der Waals surface area contributed by atoms with E-state index in [9.17, 15) is 0 Å². The van der Waals surface area contributed by atoms with Gasteiger partial charge in [-0.15, -0.1) is 11.3 Å². The van der Waals surface area contributed by atoms with Crippen molar-refractivity contribution in [2.75, 3.05) is 12.3 Å². The lowest BCUT2D eigenvalue weighted by molar-refractivity contribution is 0.316. The van der Waals surface area contributed by atoms with E-state index in [0.717, 1.165) is 17.9 Å². The van der Waals surface area contributed by atoms with Crippen LogP contribution < -0.4 is 10.5 Å². The quantitative estimate of drug-likeness (QED) is 0.920. The molecule has 0 atom stereocenters. The Balaban J connectivity index is 1.98. The minimum Gasteiger partial charge on any atom is -0.493 e. The number of anilines is 1. The number of thiazole rings is 1. The summed E-state index contributed by atoms with van der Waals surface area (Å²) >= 11 is 1.47. The van der Waals surface area contributed by atoms with Crippen LogP contribution in [-0.2, 0) is 6.42 Å². The molecule has 0 aliphatic heterocycles. The van der Waals surface area contributed by atoms with Gasteiger partial charge in [0.25, 0.3) is 0 Å². The molecule has 0 aliphatic carbocycles. The number of aromatic nitrogens is 1. The smallest absolute Gasteiger partial charge is 0.180 e. The van der Waals surface area contributed by atoms with E-state index in [1.165, 1.54) is 28.0 Å². The molecule has 2 aromatic rings. The van der Waals surface area contributed by atoms with Crippen molar-refractivity contribution in [3.05, 3.63) is 39.9 Å². The van der Waals surface area contributed by atoms with Crippen LogP contribution in [0.2, 0.25) is 0 Å². The average Bonchev–Trinajstić information content (AvgIpc) is 2.68. The molecule has 0 unspecified atom stereocenters. The molecule has 4 heteroatoms. The van der Waals surface area contributed by atoms with Crippen molar-refractivity contribution >= 4 is 16.5 Å². The summed E-state index contributed by atoms with van der Waals surface area (Å²) in [5, 5.41) is 2.60. The highest BCUT2D eigenvalue weighted by Crippen LogP contribution is 2.24. The fourth-order valence-corrected chi connectivity index (χ4v) is 2.69. The lowest BCUT2D eigenvalue weighted by atomic mass is 10.1. The molecule has 18 heavy (non-hydrogen) atoms. The standard InChI is InChI=1S/C14H18N2OS/c1-9-6-10(2)13(11(3)7-9)17-5-4-12-8-18-14(15)16-12/h6-8H,4-5H2,1-3H3,(H2,15,16). The van der Waals surface area contributed by atoms with Crippen molar-refractivity contribution in [1.82, 2.24) is 4.98 Å². The first-order valence-corrected chi connectivity index (χ1v) is 6.85. The summed E-state index contributed by atoms with van der Waals surface area (Å²) in [6.07, 6.45) is 0.792. The Bertz CT molecular complexity index is 525. The molecule has 0 saturated heterocycles.